The van der Waals surface area contributed by atoms with Crippen LogP contribution in [0.1, 0.15) is 48.5 Å². The Balaban J connectivity index is 2.08. The molecule has 2 rings (SSSR count). The highest BCUT2D eigenvalue weighted by atomic mass is 16.3. The van der Waals surface area contributed by atoms with Crippen LogP contribution in [-0.4, -0.2) is 29.0 Å². The molecule has 0 aromatic heterocycles. The summed E-state index contributed by atoms with van der Waals surface area (Å²) in [7, 11) is 0. The summed E-state index contributed by atoms with van der Waals surface area (Å²) in [4.78, 5) is 14.4. The van der Waals surface area contributed by atoms with Crippen molar-refractivity contribution in [1.82, 2.24) is 4.90 Å². The molecule has 1 atom stereocenters. The largest absolute Gasteiger partial charge is 0.508 e. The van der Waals surface area contributed by atoms with E-state index in [0.717, 1.165) is 37.4 Å². The molecule has 104 valence electrons. The second-order valence-electron chi connectivity index (χ2n) is 5.50. The van der Waals surface area contributed by atoms with Gasteiger partial charge in [-0.2, -0.15) is 0 Å². The van der Waals surface area contributed by atoms with Crippen molar-refractivity contribution < 1.29 is 9.90 Å². The van der Waals surface area contributed by atoms with Crippen molar-refractivity contribution in [2.24, 2.45) is 5.92 Å². The Hall–Kier alpha value is -1.51. The van der Waals surface area contributed by atoms with Gasteiger partial charge < -0.3 is 10.0 Å². The molecule has 3 heteroatoms. The highest BCUT2D eigenvalue weighted by Crippen LogP contribution is 2.23. The van der Waals surface area contributed by atoms with E-state index in [-0.39, 0.29) is 11.7 Å². The van der Waals surface area contributed by atoms with Crippen LogP contribution >= 0.6 is 0 Å². The molecule has 1 aliphatic heterocycles. The Morgan fingerprint density at radius 3 is 2.84 bits per heavy atom. The smallest absolute Gasteiger partial charge is 0.253 e. The average Bonchev–Trinajstić information content (AvgIpc) is 2.66. The summed E-state index contributed by atoms with van der Waals surface area (Å²) in [6.45, 7) is 5.73. The number of carbonyl (C=O) groups is 1. The van der Waals surface area contributed by atoms with E-state index in [1.54, 1.807) is 18.2 Å². The summed E-state index contributed by atoms with van der Waals surface area (Å²) in [6, 6.07) is 5.19. The molecule has 1 unspecified atom stereocenters. The first-order chi connectivity index (χ1) is 9.11. The van der Waals surface area contributed by atoms with E-state index >= 15 is 0 Å². The number of hydrogen-bond acceptors (Lipinski definition) is 2. The summed E-state index contributed by atoms with van der Waals surface area (Å²) in [5, 5.41) is 9.71. The number of nitrogens with zero attached hydrogens (tertiary/aromatic N) is 1. The fraction of sp³-hybridized carbons (Fsp3) is 0.562. The second kappa shape index (κ2) is 6.09. The van der Waals surface area contributed by atoms with Crippen LogP contribution in [0.2, 0.25) is 0 Å². The zero-order valence-corrected chi connectivity index (χ0v) is 11.9. The summed E-state index contributed by atoms with van der Waals surface area (Å²) in [6.07, 6.45) is 4.61. The van der Waals surface area contributed by atoms with Crippen molar-refractivity contribution in [2.45, 2.75) is 39.5 Å². The lowest BCUT2D eigenvalue weighted by atomic mass is 9.98. The number of phenols is 1. The maximum atomic E-state index is 12.4. The molecule has 0 aliphatic carbocycles. The van der Waals surface area contributed by atoms with Crippen LogP contribution < -0.4 is 0 Å². The lowest BCUT2D eigenvalue weighted by molar-refractivity contribution is 0.0759. The van der Waals surface area contributed by atoms with Crippen LogP contribution in [0.25, 0.3) is 0 Å². The third-order valence-corrected chi connectivity index (χ3v) is 4.17. The van der Waals surface area contributed by atoms with Gasteiger partial charge in [0.1, 0.15) is 5.75 Å². The third-order valence-electron chi connectivity index (χ3n) is 4.17. The van der Waals surface area contributed by atoms with E-state index in [9.17, 15) is 9.90 Å². The SMILES string of the molecule is CCC1CCCN(C(=O)c2ccc(C)c(O)c2)CC1. The number of amides is 1. The molecule has 1 aromatic carbocycles. The van der Waals surface area contributed by atoms with Crippen LogP contribution in [0.3, 0.4) is 0 Å². The molecule has 1 aromatic rings. The second-order valence-corrected chi connectivity index (χ2v) is 5.50. The van der Waals surface area contributed by atoms with Gasteiger partial charge in [-0.3, -0.25) is 4.79 Å². The molecule has 1 amide bonds. The average molecular weight is 261 g/mol. The minimum atomic E-state index is 0.0482. The molecule has 1 heterocycles. The first kappa shape index (κ1) is 13.9. The Bertz CT molecular complexity index is 456. The normalized spacial score (nSPS) is 20.1. The van der Waals surface area contributed by atoms with Gasteiger partial charge in [0.05, 0.1) is 0 Å². The Morgan fingerprint density at radius 1 is 1.37 bits per heavy atom. The van der Waals surface area contributed by atoms with Gasteiger partial charge in [-0.15, -0.1) is 0 Å². The summed E-state index contributed by atoms with van der Waals surface area (Å²) < 4.78 is 0. The maximum Gasteiger partial charge on any atom is 0.253 e. The minimum absolute atomic E-state index is 0.0482. The fourth-order valence-corrected chi connectivity index (χ4v) is 2.70. The number of phenolic OH excluding ortho intramolecular Hbond substituents is 1. The van der Waals surface area contributed by atoms with E-state index < -0.39 is 0 Å². The maximum absolute atomic E-state index is 12.4. The molecular weight excluding hydrogens is 238 g/mol. The lowest BCUT2D eigenvalue weighted by Crippen LogP contribution is -2.32. The van der Waals surface area contributed by atoms with Crippen molar-refractivity contribution >= 4 is 5.91 Å². The number of aromatic hydroxyl groups is 1. The molecule has 0 bridgehead atoms. The van der Waals surface area contributed by atoms with Crippen molar-refractivity contribution in [3.8, 4) is 5.75 Å². The van der Waals surface area contributed by atoms with Gasteiger partial charge >= 0.3 is 0 Å². The van der Waals surface area contributed by atoms with Crippen LogP contribution in [-0.2, 0) is 0 Å². The van der Waals surface area contributed by atoms with Crippen molar-refractivity contribution in [3.05, 3.63) is 29.3 Å². The molecule has 1 aliphatic rings. The van der Waals surface area contributed by atoms with Gasteiger partial charge in [-0.25, -0.2) is 0 Å². The first-order valence-electron chi connectivity index (χ1n) is 7.20. The van der Waals surface area contributed by atoms with Gasteiger partial charge in [0.2, 0.25) is 0 Å². The third kappa shape index (κ3) is 3.28. The van der Waals surface area contributed by atoms with Gasteiger partial charge in [-0.1, -0.05) is 19.4 Å². The van der Waals surface area contributed by atoms with E-state index in [1.807, 2.05) is 11.8 Å². The molecule has 19 heavy (non-hydrogen) atoms. The molecule has 0 saturated carbocycles. The molecule has 1 saturated heterocycles. The Morgan fingerprint density at radius 2 is 2.16 bits per heavy atom. The summed E-state index contributed by atoms with van der Waals surface area (Å²) in [5.74, 6) is 1.00. The van der Waals surface area contributed by atoms with E-state index in [1.165, 1.54) is 12.8 Å². The fourth-order valence-electron chi connectivity index (χ4n) is 2.70. The predicted octanol–water partition coefficient (Wildman–Crippen LogP) is 3.35. The van der Waals surface area contributed by atoms with Gasteiger partial charge in [0.15, 0.2) is 0 Å². The Labute approximate surface area is 115 Å². The zero-order valence-electron chi connectivity index (χ0n) is 11.9. The molecular formula is C16H23NO2. The Kier molecular flexibility index (Phi) is 4.46. The standard InChI is InChI=1S/C16H23NO2/c1-3-13-5-4-9-17(10-8-13)16(19)14-7-6-12(2)15(18)11-14/h6-7,11,13,18H,3-5,8-10H2,1-2H3. The molecule has 3 nitrogen and oxygen atoms in total. The van der Waals surface area contributed by atoms with Crippen LogP contribution in [0.5, 0.6) is 5.75 Å². The number of hydrogen-bond donors (Lipinski definition) is 1. The van der Waals surface area contributed by atoms with E-state index in [4.69, 9.17) is 0 Å². The number of aryl methyl sites for hydroxylation is 1. The number of likely N-dealkylation sites (tertiary alicyclic amines) is 1. The van der Waals surface area contributed by atoms with Crippen molar-refractivity contribution in [2.75, 3.05) is 13.1 Å². The van der Waals surface area contributed by atoms with Gasteiger partial charge in [0.25, 0.3) is 5.91 Å². The lowest BCUT2D eigenvalue weighted by Gasteiger charge is -2.21. The number of carbonyl (C=O) groups excluding carboxylic acids is 1. The quantitative estimate of drug-likeness (QED) is 0.887. The van der Waals surface area contributed by atoms with Crippen LogP contribution in [0, 0.1) is 12.8 Å². The molecule has 1 fully saturated rings. The molecule has 1 N–H and O–H groups in total. The van der Waals surface area contributed by atoms with Crippen LogP contribution in [0.15, 0.2) is 18.2 Å². The van der Waals surface area contributed by atoms with E-state index in [0.29, 0.717) is 5.56 Å². The van der Waals surface area contributed by atoms with Crippen molar-refractivity contribution in [3.63, 3.8) is 0 Å². The van der Waals surface area contributed by atoms with Gasteiger partial charge in [0, 0.05) is 18.7 Å². The highest BCUT2D eigenvalue weighted by Gasteiger charge is 2.21. The highest BCUT2D eigenvalue weighted by molar-refractivity contribution is 5.94. The number of rotatable bonds is 2. The monoisotopic (exact) mass is 261 g/mol. The van der Waals surface area contributed by atoms with E-state index in [2.05, 4.69) is 6.92 Å². The molecule has 0 radical (unpaired) electrons. The van der Waals surface area contributed by atoms with Crippen LogP contribution in [0.4, 0.5) is 0 Å². The first-order valence-corrected chi connectivity index (χ1v) is 7.20. The minimum Gasteiger partial charge on any atom is -0.508 e. The number of benzene rings is 1. The zero-order chi connectivity index (χ0) is 13.8. The predicted molar refractivity (Wildman–Crippen MR) is 76.4 cm³/mol. The van der Waals surface area contributed by atoms with Gasteiger partial charge in [-0.05, 0) is 49.8 Å². The topological polar surface area (TPSA) is 40.5 Å². The summed E-state index contributed by atoms with van der Waals surface area (Å²) in [5.41, 5.74) is 1.40. The van der Waals surface area contributed by atoms with Crippen molar-refractivity contribution in [1.29, 1.82) is 0 Å². The molecule has 0 spiro atoms. The summed E-state index contributed by atoms with van der Waals surface area (Å²) >= 11 is 0.